The molecule has 0 saturated heterocycles. The van der Waals surface area contributed by atoms with Crippen LogP contribution in [0.4, 0.5) is 18.9 Å². The van der Waals surface area contributed by atoms with E-state index in [0.717, 1.165) is 13.2 Å². The molecule has 0 radical (unpaired) electrons. The van der Waals surface area contributed by atoms with Crippen LogP contribution in [-0.2, 0) is 12.7 Å². The van der Waals surface area contributed by atoms with Crippen molar-refractivity contribution in [3.05, 3.63) is 33.4 Å². The van der Waals surface area contributed by atoms with E-state index in [1.54, 1.807) is 0 Å². The van der Waals surface area contributed by atoms with Crippen LogP contribution >= 0.6 is 0 Å². The summed E-state index contributed by atoms with van der Waals surface area (Å²) in [4.78, 5) is 9.79. The molecule has 0 aliphatic rings. The number of rotatable bonds is 3. The van der Waals surface area contributed by atoms with Gasteiger partial charge in [0.2, 0.25) is 0 Å². The average Bonchev–Trinajstić information content (AvgIpc) is 2.25. The van der Waals surface area contributed by atoms with Gasteiger partial charge in [-0.1, -0.05) is 0 Å². The molecule has 0 bridgehead atoms. The highest BCUT2D eigenvalue weighted by molar-refractivity contribution is 5.53. The quantitative estimate of drug-likeness (QED) is 0.658. The van der Waals surface area contributed by atoms with Crippen LogP contribution in [0.3, 0.4) is 0 Å². The number of ether oxygens (including phenoxy) is 1. The van der Waals surface area contributed by atoms with Crippen molar-refractivity contribution >= 4 is 5.69 Å². The summed E-state index contributed by atoms with van der Waals surface area (Å²) < 4.78 is 42.4. The van der Waals surface area contributed by atoms with Crippen LogP contribution in [0.15, 0.2) is 12.1 Å². The van der Waals surface area contributed by atoms with Crippen molar-refractivity contribution < 1.29 is 22.8 Å². The number of hydrogen-bond donors (Lipinski definition) is 1. The molecular formula is C9H9F3N2O3. The Morgan fingerprint density at radius 1 is 1.47 bits per heavy atom. The first kappa shape index (κ1) is 13.2. The minimum atomic E-state index is -4.63. The van der Waals surface area contributed by atoms with E-state index in [1.807, 2.05) is 0 Å². The highest BCUT2D eigenvalue weighted by Gasteiger charge is 2.35. The van der Waals surface area contributed by atoms with Gasteiger partial charge in [-0.25, -0.2) is 0 Å². The lowest BCUT2D eigenvalue weighted by Crippen LogP contribution is -2.13. The fourth-order valence-electron chi connectivity index (χ4n) is 1.35. The maximum atomic E-state index is 12.6. The molecule has 1 rings (SSSR count). The summed E-state index contributed by atoms with van der Waals surface area (Å²) in [6.07, 6.45) is -4.63. The molecule has 0 aliphatic carbocycles. The smallest absolute Gasteiger partial charge is 0.416 e. The lowest BCUT2D eigenvalue weighted by atomic mass is 10.1. The topological polar surface area (TPSA) is 78.4 Å². The summed E-state index contributed by atoms with van der Waals surface area (Å²) in [6.45, 7) is -0.445. The fraction of sp³-hybridized carbons (Fsp3) is 0.333. The second kappa shape index (κ2) is 4.58. The molecule has 5 nitrogen and oxygen atoms in total. The molecule has 0 fully saturated rings. The molecule has 0 heterocycles. The van der Waals surface area contributed by atoms with Crippen LogP contribution in [0.25, 0.3) is 0 Å². The molecule has 1 aromatic rings. The van der Waals surface area contributed by atoms with Crippen LogP contribution in [0, 0.1) is 10.1 Å². The summed E-state index contributed by atoms with van der Waals surface area (Å²) in [5.74, 6) is -0.445. The zero-order valence-corrected chi connectivity index (χ0v) is 8.75. The molecule has 2 N–H and O–H groups in total. The van der Waals surface area contributed by atoms with E-state index >= 15 is 0 Å². The molecular weight excluding hydrogens is 241 g/mol. The van der Waals surface area contributed by atoms with Crippen molar-refractivity contribution in [2.45, 2.75) is 12.7 Å². The molecule has 0 aromatic heterocycles. The number of methoxy groups -OCH3 is 1. The Morgan fingerprint density at radius 2 is 2.06 bits per heavy atom. The second-order valence-corrected chi connectivity index (χ2v) is 3.14. The van der Waals surface area contributed by atoms with Crippen LogP contribution in [0.1, 0.15) is 11.1 Å². The minimum absolute atomic E-state index is 0.343. The van der Waals surface area contributed by atoms with E-state index in [0.29, 0.717) is 6.07 Å². The second-order valence-electron chi connectivity index (χ2n) is 3.14. The number of halogens is 3. The summed E-state index contributed by atoms with van der Waals surface area (Å²) in [5.41, 5.74) is 3.24. The number of benzene rings is 1. The molecule has 0 atom stereocenters. The predicted molar refractivity (Wildman–Crippen MR) is 52.5 cm³/mol. The van der Waals surface area contributed by atoms with Crippen molar-refractivity contribution in [1.29, 1.82) is 0 Å². The first-order chi connectivity index (χ1) is 7.81. The Labute approximate surface area is 94.1 Å². The van der Waals surface area contributed by atoms with Crippen molar-refractivity contribution in [2.75, 3.05) is 7.11 Å². The van der Waals surface area contributed by atoms with Crippen molar-refractivity contribution in [3.63, 3.8) is 0 Å². The minimum Gasteiger partial charge on any atom is -0.490 e. The summed E-state index contributed by atoms with van der Waals surface area (Å²) >= 11 is 0. The molecule has 0 aliphatic heterocycles. The molecule has 0 saturated carbocycles. The van der Waals surface area contributed by atoms with Crippen LogP contribution in [-0.4, -0.2) is 12.0 Å². The monoisotopic (exact) mass is 250 g/mol. The summed E-state index contributed by atoms with van der Waals surface area (Å²) in [6, 6.07) is 1.36. The van der Waals surface area contributed by atoms with Gasteiger partial charge >= 0.3 is 11.9 Å². The van der Waals surface area contributed by atoms with Gasteiger partial charge in [0.15, 0.2) is 5.75 Å². The zero-order valence-electron chi connectivity index (χ0n) is 8.75. The van der Waals surface area contributed by atoms with Crippen LogP contribution in [0.2, 0.25) is 0 Å². The van der Waals surface area contributed by atoms with Crippen molar-refractivity contribution in [2.24, 2.45) is 5.73 Å². The molecule has 0 amide bonds. The SMILES string of the molecule is COc1cc(C(F)(F)F)c(CN)cc1[N+](=O)[O-]. The number of nitro benzene ring substituents is 1. The highest BCUT2D eigenvalue weighted by Crippen LogP contribution is 2.38. The highest BCUT2D eigenvalue weighted by atomic mass is 19.4. The van der Waals surface area contributed by atoms with Gasteiger partial charge in [-0.15, -0.1) is 0 Å². The number of alkyl halides is 3. The van der Waals surface area contributed by atoms with Gasteiger partial charge in [0.05, 0.1) is 17.6 Å². The third-order valence-electron chi connectivity index (χ3n) is 2.13. The van der Waals surface area contributed by atoms with Gasteiger partial charge in [-0.05, 0) is 11.6 Å². The lowest BCUT2D eigenvalue weighted by molar-refractivity contribution is -0.385. The van der Waals surface area contributed by atoms with Gasteiger partial charge in [0.25, 0.3) is 0 Å². The standard InChI is InChI=1S/C9H9F3N2O3/c1-17-8-3-6(9(10,11)12)5(4-13)2-7(8)14(15)16/h2-3H,4,13H2,1H3. The summed E-state index contributed by atoms with van der Waals surface area (Å²) in [5, 5.41) is 10.6. The Hall–Kier alpha value is -1.83. The van der Waals surface area contributed by atoms with E-state index in [1.165, 1.54) is 0 Å². The number of hydrogen-bond acceptors (Lipinski definition) is 4. The Balaban J connectivity index is 3.49. The maximum Gasteiger partial charge on any atom is 0.416 e. The van der Waals surface area contributed by atoms with Crippen molar-refractivity contribution in [3.8, 4) is 5.75 Å². The number of nitro groups is 1. The van der Waals surface area contributed by atoms with Gasteiger partial charge in [-0.2, -0.15) is 13.2 Å². The van der Waals surface area contributed by atoms with Gasteiger partial charge in [0.1, 0.15) is 0 Å². The van der Waals surface area contributed by atoms with E-state index in [9.17, 15) is 23.3 Å². The predicted octanol–water partition coefficient (Wildman–Crippen LogP) is 2.08. The Bertz CT molecular complexity index is 446. The average molecular weight is 250 g/mol. The van der Waals surface area contributed by atoms with Gasteiger partial charge in [-0.3, -0.25) is 10.1 Å². The number of nitrogens with zero attached hydrogens (tertiary/aromatic N) is 1. The Kier molecular flexibility index (Phi) is 3.56. The molecule has 1 aromatic carbocycles. The first-order valence-electron chi connectivity index (χ1n) is 4.43. The molecule has 8 heteroatoms. The van der Waals surface area contributed by atoms with Gasteiger partial charge < -0.3 is 10.5 Å². The molecule has 0 spiro atoms. The molecule has 17 heavy (non-hydrogen) atoms. The van der Waals surface area contributed by atoms with Crippen LogP contribution < -0.4 is 10.5 Å². The lowest BCUT2D eigenvalue weighted by Gasteiger charge is -2.13. The van der Waals surface area contributed by atoms with E-state index in [4.69, 9.17) is 5.73 Å². The summed E-state index contributed by atoms with van der Waals surface area (Å²) in [7, 11) is 1.06. The van der Waals surface area contributed by atoms with E-state index < -0.39 is 34.6 Å². The van der Waals surface area contributed by atoms with Crippen molar-refractivity contribution in [1.82, 2.24) is 0 Å². The molecule has 94 valence electrons. The fourth-order valence-corrected chi connectivity index (χ4v) is 1.35. The third-order valence-corrected chi connectivity index (χ3v) is 2.13. The number of nitrogens with two attached hydrogens (primary N) is 1. The largest absolute Gasteiger partial charge is 0.490 e. The zero-order chi connectivity index (χ0) is 13.2. The van der Waals surface area contributed by atoms with E-state index in [-0.39, 0.29) is 5.56 Å². The third kappa shape index (κ3) is 2.64. The van der Waals surface area contributed by atoms with Gasteiger partial charge in [0, 0.05) is 12.6 Å². The molecule has 0 unspecified atom stereocenters. The first-order valence-corrected chi connectivity index (χ1v) is 4.43. The maximum absolute atomic E-state index is 12.6. The Morgan fingerprint density at radius 3 is 2.41 bits per heavy atom. The van der Waals surface area contributed by atoms with Crippen LogP contribution in [0.5, 0.6) is 5.75 Å². The normalized spacial score (nSPS) is 11.4. The van der Waals surface area contributed by atoms with E-state index in [2.05, 4.69) is 4.74 Å².